The van der Waals surface area contributed by atoms with Gasteiger partial charge in [-0.05, 0) is 56.7 Å². The fourth-order valence-electron chi connectivity index (χ4n) is 3.25. The Labute approximate surface area is 136 Å². The number of hydrogen-bond acceptors (Lipinski definition) is 4. The van der Waals surface area contributed by atoms with Crippen molar-refractivity contribution >= 4 is 30.0 Å². The summed E-state index contributed by atoms with van der Waals surface area (Å²) in [6.45, 7) is 10.9. The Morgan fingerprint density at radius 3 is 2.95 bits per heavy atom. The van der Waals surface area contributed by atoms with E-state index >= 15 is 0 Å². The molecule has 4 heteroatoms. The summed E-state index contributed by atoms with van der Waals surface area (Å²) in [5.41, 5.74) is 1.41. The number of ether oxygens (including phenoxy) is 1. The van der Waals surface area contributed by atoms with Crippen LogP contribution in [0.25, 0.3) is 12.5 Å². The summed E-state index contributed by atoms with van der Waals surface area (Å²) in [5.74, 6) is 1.36. The number of aryl methyl sites for hydroxylation is 1. The number of hydrogen-bond donors (Lipinski definition) is 1. The number of allylic oxidation sites excluding steroid dienone is 1. The third kappa shape index (κ3) is 3.33. The second-order valence-electron chi connectivity index (χ2n) is 5.98. The Hall–Kier alpha value is -1.39. The van der Waals surface area contributed by atoms with Crippen LogP contribution in [-0.4, -0.2) is 25.9 Å². The molecule has 118 valence electrons. The van der Waals surface area contributed by atoms with Gasteiger partial charge in [-0.3, -0.25) is 0 Å². The number of aliphatic imine (C=N–C) groups is 1. The van der Waals surface area contributed by atoms with Crippen LogP contribution in [0, 0.1) is 5.92 Å². The molecule has 0 amide bonds. The average Bonchev–Trinajstić information content (AvgIpc) is 3.09. The Kier molecular flexibility index (Phi) is 5.11. The molecule has 0 unspecified atom stereocenters. The van der Waals surface area contributed by atoms with Crippen LogP contribution in [0.1, 0.15) is 29.7 Å². The van der Waals surface area contributed by atoms with Gasteiger partial charge in [0.2, 0.25) is 5.88 Å². The minimum absolute atomic E-state index is 0.620. The highest BCUT2D eigenvalue weighted by atomic mass is 32.1. The van der Waals surface area contributed by atoms with Crippen molar-refractivity contribution < 1.29 is 4.74 Å². The summed E-state index contributed by atoms with van der Waals surface area (Å²) in [6.07, 6.45) is 9.31. The van der Waals surface area contributed by atoms with Crippen molar-refractivity contribution in [2.75, 3.05) is 19.7 Å². The van der Waals surface area contributed by atoms with Crippen LogP contribution >= 0.6 is 11.3 Å². The van der Waals surface area contributed by atoms with Gasteiger partial charge < -0.3 is 10.1 Å². The van der Waals surface area contributed by atoms with Crippen molar-refractivity contribution in [1.82, 2.24) is 5.32 Å². The molecule has 3 rings (SSSR count). The van der Waals surface area contributed by atoms with Gasteiger partial charge in [-0.2, -0.15) is 0 Å². The van der Waals surface area contributed by atoms with Gasteiger partial charge in [0, 0.05) is 15.6 Å². The molecule has 0 saturated carbocycles. The molecule has 0 spiro atoms. The lowest BCUT2D eigenvalue weighted by Crippen LogP contribution is -2.31. The minimum atomic E-state index is 0.620. The lowest BCUT2D eigenvalue weighted by Gasteiger charge is -2.22. The zero-order chi connectivity index (χ0) is 15.4. The summed E-state index contributed by atoms with van der Waals surface area (Å²) >= 11 is 1.81. The predicted molar refractivity (Wildman–Crippen MR) is 94.8 cm³/mol. The molecule has 0 bridgehead atoms. The number of nitrogens with zero attached hydrogens (tertiary/aromatic N) is 1. The summed E-state index contributed by atoms with van der Waals surface area (Å²) < 4.78 is 7.23. The molecule has 0 radical (unpaired) electrons. The topological polar surface area (TPSA) is 33.6 Å². The largest absolute Gasteiger partial charge is 0.477 e. The van der Waals surface area contributed by atoms with E-state index in [-0.39, 0.29) is 0 Å². The maximum absolute atomic E-state index is 6.14. The van der Waals surface area contributed by atoms with Gasteiger partial charge in [0.25, 0.3) is 0 Å². The third-order valence-corrected chi connectivity index (χ3v) is 5.57. The first-order valence-electron chi connectivity index (χ1n) is 8.12. The quantitative estimate of drug-likeness (QED) is 0.843. The first-order chi connectivity index (χ1) is 10.8. The van der Waals surface area contributed by atoms with Crippen LogP contribution < -0.4 is 15.1 Å². The predicted octanol–water partition coefficient (Wildman–Crippen LogP) is 1.99. The lowest BCUT2D eigenvalue weighted by atomic mass is 9.99. The van der Waals surface area contributed by atoms with Gasteiger partial charge in [-0.1, -0.05) is 19.2 Å². The van der Waals surface area contributed by atoms with Gasteiger partial charge in [0.05, 0.1) is 11.8 Å². The highest BCUT2D eigenvalue weighted by Gasteiger charge is 2.19. The maximum atomic E-state index is 6.14. The summed E-state index contributed by atoms with van der Waals surface area (Å²) in [7, 11) is 0. The van der Waals surface area contributed by atoms with Crippen LogP contribution in [0.2, 0.25) is 0 Å². The monoisotopic (exact) mass is 316 g/mol. The zero-order valence-electron chi connectivity index (χ0n) is 13.1. The van der Waals surface area contributed by atoms with E-state index in [0.29, 0.717) is 5.92 Å². The average molecular weight is 316 g/mol. The van der Waals surface area contributed by atoms with Gasteiger partial charge in [0.15, 0.2) is 0 Å². The van der Waals surface area contributed by atoms with E-state index in [4.69, 9.17) is 4.74 Å². The van der Waals surface area contributed by atoms with Crippen molar-refractivity contribution in [3.05, 3.63) is 32.8 Å². The van der Waals surface area contributed by atoms with Crippen LogP contribution in [0.5, 0.6) is 0 Å². The standard InChI is InChI=1S/C18H24N2OS/c1-3-9-20-18(21-12-14-7-10-19-11-8-14)17-13(2)22-16-6-4-5-15(16)17/h3,9,14,19H,1-2,4-8,10-12H2/b18-17-,20-9-. The van der Waals surface area contributed by atoms with E-state index in [1.807, 2.05) is 0 Å². The molecule has 1 aliphatic carbocycles. The number of thiophene rings is 1. The van der Waals surface area contributed by atoms with E-state index in [1.165, 1.54) is 36.1 Å². The summed E-state index contributed by atoms with van der Waals surface area (Å²) in [6, 6.07) is 0. The van der Waals surface area contributed by atoms with E-state index < -0.39 is 0 Å². The SMILES string of the molecule is C=C/C=N\C(OCC1CCNCC1)=c1\c2c(sc1=C)CCC2. The van der Waals surface area contributed by atoms with Crippen molar-refractivity contribution in [2.45, 2.75) is 32.1 Å². The lowest BCUT2D eigenvalue weighted by molar-refractivity contribution is 0.183. The van der Waals surface area contributed by atoms with Crippen molar-refractivity contribution in [3.63, 3.8) is 0 Å². The van der Waals surface area contributed by atoms with Crippen molar-refractivity contribution in [3.8, 4) is 0 Å². The maximum Gasteiger partial charge on any atom is 0.222 e. The molecular weight excluding hydrogens is 292 g/mol. The third-order valence-electron chi connectivity index (χ3n) is 4.42. The van der Waals surface area contributed by atoms with E-state index in [1.54, 1.807) is 23.6 Å². The number of nitrogens with one attached hydrogen (secondary N) is 1. The second kappa shape index (κ2) is 7.25. The Morgan fingerprint density at radius 1 is 1.36 bits per heavy atom. The van der Waals surface area contributed by atoms with E-state index in [9.17, 15) is 0 Å². The Morgan fingerprint density at radius 2 is 2.18 bits per heavy atom. The van der Waals surface area contributed by atoms with Crippen LogP contribution in [0.4, 0.5) is 0 Å². The second-order valence-corrected chi connectivity index (χ2v) is 7.17. The highest BCUT2D eigenvalue weighted by molar-refractivity contribution is 7.10. The molecule has 1 aromatic heterocycles. The molecular formula is C18H24N2OS. The molecule has 2 aliphatic rings. The fraction of sp³-hybridized carbons (Fsp3) is 0.500. The molecule has 1 aliphatic heterocycles. The number of piperidine rings is 1. The van der Waals surface area contributed by atoms with Gasteiger partial charge in [-0.15, -0.1) is 11.3 Å². The normalized spacial score (nSPS) is 20.2. The number of rotatable bonds is 5. The van der Waals surface area contributed by atoms with E-state index in [2.05, 4.69) is 23.5 Å². The molecule has 0 atom stereocenters. The Bertz CT molecular complexity index is 668. The molecule has 22 heavy (non-hydrogen) atoms. The molecule has 1 aromatic rings. The van der Waals surface area contributed by atoms with Crippen molar-refractivity contribution in [1.29, 1.82) is 0 Å². The van der Waals surface area contributed by atoms with Crippen molar-refractivity contribution in [2.24, 2.45) is 10.9 Å². The minimum Gasteiger partial charge on any atom is -0.477 e. The Balaban J connectivity index is 1.89. The molecule has 1 fully saturated rings. The molecule has 1 N–H and O–H groups in total. The summed E-state index contributed by atoms with van der Waals surface area (Å²) in [4.78, 5) is 5.98. The fourth-order valence-corrected chi connectivity index (χ4v) is 4.43. The van der Waals surface area contributed by atoms with E-state index in [0.717, 1.165) is 41.8 Å². The highest BCUT2D eigenvalue weighted by Crippen LogP contribution is 2.22. The zero-order valence-corrected chi connectivity index (χ0v) is 13.9. The van der Waals surface area contributed by atoms with Gasteiger partial charge in [0.1, 0.15) is 0 Å². The molecule has 2 heterocycles. The first-order valence-corrected chi connectivity index (χ1v) is 8.93. The molecule has 1 saturated heterocycles. The van der Waals surface area contributed by atoms with Crippen LogP contribution in [-0.2, 0) is 17.6 Å². The smallest absolute Gasteiger partial charge is 0.222 e. The molecule has 0 aromatic carbocycles. The van der Waals surface area contributed by atoms with Crippen LogP contribution in [0.3, 0.4) is 0 Å². The first kappa shape index (κ1) is 15.5. The summed E-state index contributed by atoms with van der Waals surface area (Å²) in [5, 5.41) is 4.54. The van der Waals surface area contributed by atoms with Gasteiger partial charge in [-0.25, -0.2) is 4.99 Å². The number of fused-ring (bicyclic) bond motifs is 1. The molecule has 3 nitrogen and oxygen atoms in total. The van der Waals surface area contributed by atoms with Crippen LogP contribution in [0.15, 0.2) is 17.6 Å². The van der Waals surface area contributed by atoms with Gasteiger partial charge >= 0.3 is 0 Å².